The van der Waals surface area contributed by atoms with Crippen LogP contribution in [0.1, 0.15) is 33.9 Å². The molecule has 0 radical (unpaired) electrons. The lowest BCUT2D eigenvalue weighted by atomic mass is 10.0. The fourth-order valence-electron chi connectivity index (χ4n) is 2.22. The van der Waals surface area contributed by atoms with Crippen LogP contribution in [0.4, 0.5) is 0 Å². The summed E-state index contributed by atoms with van der Waals surface area (Å²) in [5, 5.41) is 2.88. The number of amides is 1. The van der Waals surface area contributed by atoms with Crippen molar-refractivity contribution in [3.63, 3.8) is 0 Å². The van der Waals surface area contributed by atoms with Gasteiger partial charge in [0.2, 0.25) is 0 Å². The molecule has 0 aromatic heterocycles. The molecule has 0 bridgehead atoms. The Morgan fingerprint density at radius 3 is 2.52 bits per heavy atom. The van der Waals surface area contributed by atoms with Crippen molar-refractivity contribution in [2.24, 2.45) is 0 Å². The smallest absolute Gasteiger partial charge is 0.307 e. The summed E-state index contributed by atoms with van der Waals surface area (Å²) in [5.74, 6) is -0.297. The second-order valence-corrected chi connectivity index (χ2v) is 5.32. The Kier molecular flexibility index (Phi) is 6.18. The van der Waals surface area contributed by atoms with Gasteiger partial charge in [0.15, 0.2) is 0 Å². The molecule has 0 aliphatic rings. The summed E-state index contributed by atoms with van der Waals surface area (Å²) >= 11 is 5.80. The molecule has 0 aliphatic carbocycles. The number of methoxy groups -OCH3 is 1. The second kappa shape index (κ2) is 8.34. The maximum Gasteiger partial charge on any atom is 0.307 e. The molecular weight excluding hydrogens is 314 g/mol. The molecule has 0 spiro atoms. The lowest BCUT2D eigenvalue weighted by Crippen LogP contribution is -2.30. The standard InChI is InChI=1S/C18H18ClNO3/c1-23-17(21)11-16(14-7-3-2-4-8-14)20-18(22)15-9-5-6-13(10-15)12-19/h2-10,16H,11-12H2,1H3,(H,20,22). The van der Waals surface area contributed by atoms with E-state index in [0.717, 1.165) is 11.1 Å². The summed E-state index contributed by atoms with van der Waals surface area (Å²) in [4.78, 5) is 24.1. The molecule has 0 saturated heterocycles. The van der Waals surface area contributed by atoms with Gasteiger partial charge in [-0.2, -0.15) is 0 Å². The van der Waals surface area contributed by atoms with Gasteiger partial charge in [-0.15, -0.1) is 11.6 Å². The fourth-order valence-corrected chi connectivity index (χ4v) is 2.39. The number of nitrogens with one attached hydrogen (secondary N) is 1. The minimum atomic E-state index is -0.448. The molecule has 0 heterocycles. The van der Waals surface area contributed by atoms with Gasteiger partial charge in [0, 0.05) is 11.4 Å². The second-order valence-electron chi connectivity index (χ2n) is 5.05. The van der Waals surface area contributed by atoms with Gasteiger partial charge in [0.05, 0.1) is 19.6 Å². The van der Waals surface area contributed by atoms with E-state index in [1.165, 1.54) is 7.11 Å². The quantitative estimate of drug-likeness (QED) is 0.651. The van der Waals surface area contributed by atoms with Crippen molar-refractivity contribution in [3.05, 3.63) is 71.3 Å². The van der Waals surface area contributed by atoms with Crippen LogP contribution in [-0.2, 0) is 15.4 Å². The van der Waals surface area contributed by atoms with Crippen molar-refractivity contribution >= 4 is 23.5 Å². The van der Waals surface area contributed by atoms with Crippen molar-refractivity contribution in [1.29, 1.82) is 0 Å². The number of ether oxygens (including phenoxy) is 1. The number of hydrogen-bond acceptors (Lipinski definition) is 3. The molecule has 2 aromatic rings. The van der Waals surface area contributed by atoms with Gasteiger partial charge in [0.25, 0.3) is 5.91 Å². The molecule has 0 aliphatic heterocycles. The summed E-state index contributed by atoms with van der Waals surface area (Å²) in [6.07, 6.45) is 0.0709. The van der Waals surface area contributed by atoms with Crippen LogP contribution in [-0.4, -0.2) is 19.0 Å². The minimum absolute atomic E-state index is 0.0709. The Hall–Kier alpha value is -2.33. The normalized spacial score (nSPS) is 11.6. The molecule has 2 aromatic carbocycles. The first-order chi connectivity index (χ1) is 11.1. The SMILES string of the molecule is COC(=O)CC(NC(=O)c1cccc(CCl)c1)c1ccccc1. The maximum absolute atomic E-state index is 12.5. The van der Waals surface area contributed by atoms with E-state index in [-0.39, 0.29) is 18.3 Å². The molecule has 1 N–H and O–H groups in total. The molecule has 0 fully saturated rings. The van der Waals surface area contributed by atoms with E-state index in [4.69, 9.17) is 16.3 Å². The van der Waals surface area contributed by atoms with Gasteiger partial charge in [-0.05, 0) is 23.3 Å². The van der Waals surface area contributed by atoms with Crippen molar-refractivity contribution < 1.29 is 14.3 Å². The predicted octanol–water partition coefficient (Wildman–Crippen LogP) is 3.46. The topological polar surface area (TPSA) is 55.4 Å². The molecule has 1 unspecified atom stereocenters. The highest BCUT2D eigenvalue weighted by molar-refractivity contribution is 6.17. The van der Waals surface area contributed by atoms with Crippen LogP contribution < -0.4 is 5.32 Å². The van der Waals surface area contributed by atoms with Gasteiger partial charge in [-0.25, -0.2) is 0 Å². The van der Waals surface area contributed by atoms with Crippen molar-refractivity contribution in [2.75, 3.05) is 7.11 Å². The van der Waals surface area contributed by atoms with E-state index in [2.05, 4.69) is 5.32 Å². The Labute approximate surface area is 140 Å². The zero-order valence-electron chi connectivity index (χ0n) is 12.8. The van der Waals surface area contributed by atoms with E-state index < -0.39 is 6.04 Å². The average molecular weight is 332 g/mol. The van der Waals surface area contributed by atoms with Gasteiger partial charge in [-0.3, -0.25) is 9.59 Å². The molecule has 1 atom stereocenters. The summed E-state index contributed by atoms with van der Waals surface area (Å²) in [6.45, 7) is 0. The number of alkyl halides is 1. The number of hydrogen-bond donors (Lipinski definition) is 1. The van der Waals surface area contributed by atoms with E-state index in [1.54, 1.807) is 18.2 Å². The Balaban J connectivity index is 2.19. The minimum Gasteiger partial charge on any atom is -0.469 e. The van der Waals surface area contributed by atoms with Crippen LogP contribution >= 0.6 is 11.6 Å². The van der Waals surface area contributed by atoms with Crippen molar-refractivity contribution in [1.82, 2.24) is 5.32 Å². The van der Waals surface area contributed by atoms with Crippen LogP contribution in [0.25, 0.3) is 0 Å². The third kappa shape index (κ3) is 4.83. The summed E-state index contributed by atoms with van der Waals surface area (Å²) in [5.41, 5.74) is 2.22. The fraction of sp³-hybridized carbons (Fsp3) is 0.222. The third-order valence-corrected chi connectivity index (χ3v) is 3.76. The van der Waals surface area contributed by atoms with Crippen LogP contribution in [0.3, 0.4) is 0 Å². The molecule has 1 amide bonds. The van der Waals surface area contributed by atoms with Gasteiger partial charge in [0.1, 0.15) is 0 Å². The lowest BCUT2D eigenvalue weighted by Gasteiger charge is -2.18. The Morgan fingerprint density at radius 1 is 1.13 bits per heavy atom. The zero-order valence-corrected chi connectivity index (χ0v) is 13.5. The first-order valence-electron chi connectivity index (χ1n) is 7.21. The highest BCUT2D eigenvalue weighted by Gasteiger charge is 2.19. The van der Waals surface area contributed by atoms with Crippen molar-refractivity contribution in [3.8, 4) is 0 Å². The summed E-state index contributed by atoms with van der Waals surface area (Å²) in [6, 6.07) is 16.0. The number of benzene rings is 2. The highest BCUT2D eigenvalue weighted by atomic mass is 35.5. The molecular formula is C18H18ClNO3. The Bertz CT molecular complexity index is 673. The molecule has 2 rings (SSSR count). The lowest BCUT2D eigenvalue weighted by molar-refractivity contribution is -0.141. The van der Waals surface area contributed by atoms with Gasteiger partial charge >= 0.3 is 5.97 Å². The molecule has 5 heteroatoms. The summed E-state index contributed by atoms with van der Waals surface area (Å²) < 4.78 is 4.72. The van der Waals surface area contributed by atoms with Crippen LogP contribution in [0.5, 0.6) is 0 Å². The molecule has 23 heavy (non-hydrogen) atoms. The summed E-state index contributed by atoms with van der Waals surface area (Å²) in [7, 11) is 1.33. The average Bonchev–Trinajstić information content (AvgIpc) is 2.61. The monoisotopic (exact) mass is 331 g/mol. The van der Waals surface area contributed by atoms with Crippen molar-refractivity contribution in [2.45, 2.75) is 18.3 Å². The van der Waals surface area contributed by atoms with E-state index >= 15 is 0 Å². The highest BCUT2D eigenvalue weighted by Crippen LogP contribution is 2.18. The first-order valence-corrected chi connectivity index (χ1v) is 7.75. The van der Waals surface area contributed by atoms with Gasteiger partial charge in [-0.1, -0.05) is 42.5 Å². The Morgan fingerprint density at radius 2 is 1.87 bits per heavy atom. The molecule has 0 saturated carbocycles. The third-order valence-electron chi connectivity index (χ3n) is 3.45. The number of carbonyl (C=O) groups excluding carboxylic acids is 2. The van der Waals surface area contributed by atoms with Crippen LogP contribution in [0.2, 0.25) is 0 Å². The number of carbonyl (C=O) groups is 2. The van der Waals surface area contributed by atoms with Crippen LogP contribution in [0.15, 0.2) is 54.6 Å². The maximum atomic E-state index is 12.5. The first kappa shape index (κ1) is 17.0. The molecule has 120 valence electrons. The van der Waals surface area contributed by atoms with E-state index in [9.17, 15) is 9.59 Å². The number of esters is 1. The number of halogens is 1. The zero-order chi connectivity index (χ0) is 16.7. The van der Waals surface area contributed by atoms with Gasteiger partial charge < -0.3 is 10.1 Å². The van der Waals surface area contributed by atoms with E-state index in [0.29, 0.717) is 11.4 Å². The number of rotatable bonds is 6. The van der Waals surface area contributed by atoms with Crippen LogP contribution in [0, 0.1) is 0 Å². The van der Waals surface area contributed by atoms with E-state index in [1.807, 2.05) is 36.4 Å². The molecule has 4 nitrogen and oxygen atoms in total. The largest absolute Gasteiger partial charge is 0.469 e. The predicted molar refractivity (Wildman–Crippen MR) is 89.3 cm³/mol.